The Morgan fingerprint density at radius 3 is 2.64 bits per heavy atom. The van der Waals surface area contributed by atoms with Crippen LogP contribution in [-0.2, 0) is 18.4 Å². The van der Waals surface area contributed by atoms with Gasteiger partial charge in [0.2, 0.25) is 5.91 Å². The number of imidazole rings is 1. The summed E-state index contributed by atoms with van der Waals surface area (Å²) < 4.78 is 2.04. The highest BCUT2D eigenvalue weighted by Crippen LogP contribution is 2.13. The van der Waals surface area contributed by atoms with Gasteiger partial charge in [0, 0.05) is 58.1 Å². The Morgan fingerprint density at radius 1 is 1.36 bits per heavy atom. The van der Waals surface area contributed by atoms with E-state index in [0.717, 1.165) is 32.0 Å². The fourth-order valence-electron chi connectivity index (χ4n) is 3.05. The van der Waals surface area contributed by atoms with Crippen molar-refractivity contribution in [1.29, 1.82) is 10.5 Å². The van der Waals surface area contributed by atoms with Gasteiger partial charge in [-0.1, -0.05) is 0 Å². The van der Waals surface area contributed by atoms with Crippen LogP contribution in [0.4, 0.5) is 0 Å². The first-order chi connectivity index (χ1) is 12.0. The molecule has 0 saturated carbocycles. The summed E-state index contributed by atoms with van der Waals surface area (Å²) in [4.78, 5) is 22.5. The number of nitriles is 2. The Hall–Kier alpha value is -2.42. The topological polar surface area (TPSA) is 92.2 Å². The molecular weight excluding hydrogens is 318 g/mol. The molecule has 25 heavy (non-hydrogen) atoms. The summed E-state index contributed by atoms with van der Waals surface area (Å²) in [5, 5.41) is 17.5. The number of aromatic nitrogens is 2. The monoisotopic (exact) mass is 343 g/mol. The van der Waals surface area contributed by atoms with Crippen molar-refractivity contribution >= 4 is 5.91 Å². The number of amides is 1. The van der Waals surface area contributed by atoms with Gasteiger partial charge in [-0.2, -0.15) is 10.5 Å². The van der Waals surface area contributed by atoms with Crippen molar-refractivity contribution in [2.24, 2.45) is 7.05 Å². The smallest absolute Gasteiger partial charge is 0.225 e. The van der Waals surface area contributed by atoms with Crippen molar-refractivity contribution in [2.75, 3.05) is 39.3 Å². The second kappa shape index (κ2) is 9.16. The molecule has 0 aliphatic carbocycles. The van der Waals surface area contributed by atoms with E-state index < -0.39 is 0 Å². The maximum atomic E-state index is 12.1. The van der Waals surface area contributed by atoms with Crippen LogP contribution in [0.5, 0.6) is 0 Å². The molecule has 1 aliphatic heterocycles. The van der Waals surface area contributed by atoms with Crippen molar-refractivity contribution in [3.63, 3.8) is 0 Å². The molecule has 1 saturated heterocycles. The third kappa shape index (κ3) is 5.28. The number of hydrogen-bond acceptors (Lipinski definition) is 6. The molecule has 1 unspecified atom stereocenters. The summed E-state index contributed by atoms with van der Waals surface area (Å²) in [6.45, 7) is 6.35. The summed E-state index contributed by atoms with van der Waals surface area (Å²) in [6, 6.07) is 4.26. The Kier molecular flexibility index (Phi) is 6.93. The van der Waals surface area contributed by atoms with Crippen molar-refractivity contribution in [3.8, 4) is 12.1 Å². The fraction of sp³-hybridized carbons (Fsp3) is 0.647. The fourth-order valence-corrected chi connectivity index (χ4v) is 3.05. The number of carbonyl (C=O) groups is 1. The average Bonchev–Trinajstić information content (AvgIpc) is 2.99. The highest BCUT2D eigenvalue weighted by atomic mass is 16.2. The first kappa shape index (κ1) is 18.9. The number of rotatable bonds is 7. The molecule has 1 fully saturated rings. The third-order valence-electron chi connectivity index (χ3n) is 4.63. The Bertz CT molecular complexity index is 641. The standard InChI is InChI=1S/C17H25N7O/c1-15-13-22(7-3-17(25)23(8-4-18)9-5-19)11-12-24(15)14-16-20-6-10-21(16)2/h6,10,15H,3,7-9,11-14H2,1-2H3. The highest BCUT2D eigenvalue weighted by molar-refractivity contribution is 5.76. The zero-order chi connectivity index (χ0) is 18.2. The molecule has 0 N–H and O–H groups in total. The molecule has 0 aromatic carbocycles. The molecule has 1 atom stereocenters. The van der Waals surface area contributed by atoms with Crippen molar-refractivity contribution in [1.82, 2.24) is 24.3 Å². The SMILES string of the molecule is CC1CN(CCC(=O)N(CC#N)CC#N)CCN1Cc1nccn1C. The van der Waals surface area contributed by atoms with E-state index in [4.69, 9.17) is 10.5 Å². The lowest BCUT2D eigenvalue weighted by molar-refractivity contribution is -0.130. The van der Waals surface area contributed by atoms with E-state index in [-0.39, 0.29) is 19.0 Å². The Balaban J connectivity index is 1.79. The molecule has 1 amide bonds. The second-order valence-corrected chi connectivity index (χ2v) is 6.39. The van der Waals surface area contributed by atoms with Crippen LogP contribution in [0.15, 0.2) is 12.4 Å². The van der Waals surface area contributed by atoms with Crippen molar-refractivity contribution < 1.29 is 4.79 Å². The summed E-state index contributed by atoms with van der Waals surface area (Å²) in [6.07, 6.45) is 4.11. The summed E-state index contributed by atoms with van der Waals surface area (Å²) >= 11 is 0. The molecule has 1 aliphatic rings. The number of carbonyl (C=O) groups excluding carboxylic acids is 1. The van der Waals surface area contributed by atoms with Crippen LogP contribution >= 0.6 is 0 Å². The largest absolute Gasteiger partial charge is 0.337 e. The highest BCUT2D eigenvalue weighted by Gasteiger charge is 2.25. The maximum Gasteiger partial charge on any atom is 0.225 e. The van der Waals surface area contributed by atoms with Gasteiger partial charge < -0.3 is 14.4 Å². The minimum atomic E-state index is -0.133. The molecule has 1 aromatic heterocycles. The number of nitrogens with zero attached hydrogens (tertiary/aromatic N) is 7. The molecule has 0 radical (unpaired) electrons. The quantitative estimate of drug-likeness (QED) is 0.656. The van der Waals surface area contributed by atoms with E-state index in [1.807, 2.05) is 36.1 Å². The first-order valence-electron chi connectivity index (χ1n) is 8.49. The maximum absolute atomic E-state index is 12.1. The third-order valence-corrected chi connectivity index (χ3v) is 4.63. The van der Waals surface area contributed by atoms with E-state index in [2.05, 4.69) is 21.7 Å². The zero-order valence-corrected chi connectivity index (χ0v) is 14.9. The van der Waals surface area contributed by atoms with Crippen LogP contribution in [0.1, 0.15) is 19.2 Å². The van der Waals surface area contributed by atoms with Gasteiger partial charge in [0.25, 0.3) is 0 Å². The summed E-state index contributed by atoms with van der Waals surface area (Å²) in [7, 11) is 2.00. The minimum absolute atomic E-state index is 0.0275. The van der Waals surface area contributed by atoms with Gasteiger partial charge in [-0.3, -0.25) is 9.69 Å². The Morgan fingerprint density at radius 2 is 2.08 bits per heavy atom. The zero-order valence-electron chi connectivity index (χ0n) is 14.9. The van der Waals surface area contributed by atoms with Crippen LogP contribution in [0.3, 0.4) is 0 Å². The minimum Gasteiger partial charge on any atom is -0.337 e. The normalized spacial score (nSPS) is 18.5. The van der Waals surface area contributed by atoms with Gasteiger partial charge >= 0.3 is 0 Å². The molecule has 8 nitrogen and oxygen atoms in total. The first-order valence-corrected chi connectivity index (χ1v) is 8.49. The van der Waals surface area contributed by atoms with Gasteiger partial charge in [0.15, 0.2) is 0 Å². The molecule has 0 bridgehead atoms. The lowest BCUT2D eigenvalue weighted by Crippen LogP contribution is -2.52. The van der Waals surface area contributed by atoms with Crippen LogP contribution in [0.25, 0.3) is 0 Å². The van der Waals surface area contributed by atoms with Crippen LogP contribution in [-0.4, -0.2) is 75.5 Å². The van der Waals surface area contributed by atoms with E-state index in [1.165, 1.54) is 4.90 Å². The molecule has 1 aromatic rings. The van der Waals surface area contributed by atoms with Gasteiger partial charge in [-0.05, 0) is 6.92 Å². The Labute approximate surface area is 148 Å². The van der Waals surface area contributed by atoms with Gasteiger partial charge in [-0.15, -0.1) is 0 Å². The van der Waals surface area contributed by atoms with Crippen molar-refractivity contribution in [2.45, 2.75) is 25.9 Å². The average molecular weight is 343 g/mol. The van der Waals surface area contributed by atoms with E-state index >= 15 is 0 Å². The molecule has 134 valence electrons. The molecule has 0 spiro atoms. The van der Waals surface area contributed by atoms with Gasteiger partial charge in [0.05, 0.1) is 18.7 Å². The predicted molar refractivity (Wildman–Crippen MR) is 91.9 cm³/mol. The number of piperazine rings is 1. The van der Waals surface area contributed by atoms with Gasteiger partial charge in [0.1, 0.15) is 18.9 Å². The van der Waals surface area contributed by atoms with Crippen LogP contribution in [0, 0.1) is 22.7 Å². The van der Waals surface area contributed by atoms with E-state index in [1.54, 1.807) is 0 Å². The second-order valence-electron chi connectivity index (χ2n) is 6.39. The lowest BCUT2D eigenvalue weighted by Gasteiger charge is -2.39. The summed E-state index contributed by atoms with van der Waals surface area (Å²) in [5.74, 6) is 0.922. The van der Waals surface area contributed by atoms with E-state index in [9.17, 15) is 4.79 Å². The van der Waals surface area contributed by atoms with Crippen molar-refractivity contribution in [3.05, 3.63) is 18.2 Å². The van der Waals surface area contributed by atoms with E-state index in [0.29, 0.717) is 19.0 Å². The number of aryl methyl sites for hydroxylation is 1. The predicted octanol–water partition coefficient (Wildman–Crippen LogP) is 0.192. The van der Waals surface area contributed by atoms with Gasteiger partial charge in [-0.25, -0.2) is 4.98 Å². The number of hydrogen-bond donors (Lipinski definition) is 0. The lowest BCUT2D eigenvalue weighted by atomic mass is 10.1. The molecule has 2 rings (SSSR count). The molecular formula is C17H25N7O. The summed E-state index contributed by atoms with van der Waals surface area (Å²) in [5.41, 5.74) is 0. The van der Waals surface area contributed by atoms with Crippen LogP contribution < -0.4 is 0 Å². The van der Waals surface area contributed by atoms with Crippen LogP contribution in [0.2, 0.25) is 0 Å². The molecule has 2 heterocycles. The molecule has 8 heteroatoms.